The lowest BCUT2D eigenvalue weighted by atomic mass is 10.1. The van der Waals surface area contributed by atoms with Crippen LogP contribution >= 0.6 is 0 Å². The fraction of sp³-hybridized carbons (Fsp3) is 0.190. The predicted octanol–water partition coefficient (Wildman–Crippen LogP) is 4.76. The Kier molecular flexibility index (Phi) is 4.98. The number of carboxylic acids is 1. The number of aryl methyl sites for hydroxylation is 2. The summed E-state index contributed by atoms with van der Waals surface area (Å²) in [6.45, 7) is 6.06. The first-order valence-electron chi connectivity index (χ1n) is 8.53. The molecule has 2 N–H and O–H groups in total. The molecule has 0 aliphatic carbocycles. The van der Waals surface area contributed by atoms with Gasteiger partial charge in [-0.3, -0.25) is 0 Å². The highest BCUT2D eigenvalue weighted by atomic mass is 16.4. The van der Waals surface area contributed by atoms with Gasteiger partial charge in [-0.1, -0.05) is 42.8 Å². The van der Waals surface area contributed by atoms with Gasteiger partial charge in [0.05, 0.1) is 5.56 Å². The Hall–Kier alpha value is -3.21. The summed E-state index contributed by atoms with van der Waals surface area (Å²) in [4.78, 5) is 20.5. The minimum Gasteiger partial charge on any atom is -0.478 e. The molecule has 1 heterocycles. The summed E-state index contributed by atoms with van der Waals surface area (Å²) in [6, 6.07) is 14.8. The van der Waals surface area contributed by atoms with Gasteiger partial charge in [0, 0.05) is 22.5 Å². The fourth-order valence-corrected chi connectivity index (χ4v) is 2.82. The number of carbonyl (C=O) groups is 1. The summed E-state index contributed by atoms with van der Waals surface area (Å²) in [6.07, 6.45) is 0.779. The second-order valence-corrected chi connectivity index (χ2v) is 6.19. The van der Waals surface area contributed by atoms with Crippen LogP contribution in [0.5, 0.6) is 0 Å². The van der Waals surface area contributed by atoms with Gasteiger partial charge < -0.3 is 10.4 Å². The normalized spacial score (nSPS) is 10.6. The lowest BCUT2D eigenvalue weighted by Gasteiger charge is -2.14. The minimum absolute atomic E-state index is 0.234. The number of hydrogen-bond donors (Lipinski definition) is 2. The third-order valence-electron chi connectivity index (χ3n) is 4.25. The molecule has 0 aliphatic rings. The molecule has 1 aromatic heterocycles. The van der Waals surface area contributed by atoms with E-state index in [0.717, 1.165) is 23.2 Å². The maximum Gasteiger partial charge on any atom is 0.335 e. The highest BCUT2D eigenvalue weighted by molar-refractivity contribution is 5.89. The second-order valence-electron chi connectivity index (χ2n) is 6.19. The van der Waals surface area contributed by atoms with Gasteiger partial charge in [-0.25, -0.2) is 14.8 Å². The molecule has 0 amide bonds. The molecule has 0 atom stereocenters. The molecule has 0 saturated carbocycles. The standard InChI is InChI=1S/C21H21N3O2/c1-4-18-14(3)22-19(15-10-8-13(2)9-11-15)24-20(18)23-17-7-5-6-16(12-17)21(25)26/h5-12H,4H2,1-3H3,(H,25,26)(H,22,23,24). The molecular weight excluding hydrogens is 326 g/mol. The smallest absolute Gasteiger partial charge is 0.335 e. The quantitative estimate of drug-likeness (QED) is 0.696. The summed E-state index contributed by atoms with van der Waals surface area (Å²) in [7, 11) is 0. The topological polar surface area (TPSA) is 75.1 Å². The van der Waals surface area contributed by atoms with E-state index in [-0.39, 0.29) is 5.56 Å². The van der Waals surface area contributed by atoms with Crippen LogP contribution in [-0.4, -0.2) is 21.0 Å². The SMILES string of the molecule is CCc1c(C)nc(-c2ccc(C)cc2)nc1Nc1cccc(C(=O)O)c1. The van der Waals surface area contributed by atoms with Gasteiger partial charge >= 0.3 is 5.97 Å². The molecule has 0 bridgehead atoms. The number of benzene rings is 2. The van der Waals surface area contributed by atoms with Gasteiger partial charge in [-0.15, -0.1) is 0 Å². The van der Waals surface area contributed by atoms with Crippen molar-refractivity contribution in [2.45, 2.75) is 27.2 Å². The first kappa shape index (κ1) is 17.6. The summed E-state index contributed by atoms with van der Waals surface area (Å²) in [5.74, 6) is 0.401. The minimum atomic E-state index is -0.955. The molecule has 0 aliphatic heterocycles. The van der Waals surface area contributed by atoms with Crippen molar-refractivity contribution < 1.29 is 9.90 Å². The van der Waals surface area contributed by atoms with E-state index in [2.05, 4.69) is 17.2 Å². The van der Waals surface area contributed by atoms with Crippen molar-refractivity contribution >= 4 is 17.5 Å². The molecule has 0 radical (unpaired) electrons. The van der Waals surface area contributed by atoms with E-state index in [9.17, 15) is 9.90 Å². The maximum absolute atomic E-state index is 11.2. The molecule has 3 rings (SSSR count). The van der Waals surface area contributed by atoms with Gasteiger partial charge in [-0.2, -0.15) is 0 Å². The third kappa shape index (κ3) is 3.72. The van der Waals surface area contributed by atoms with Gasteiger partial charge in [0.2, 0.25) is 0 Å². The lowest BCUT2D eigenvalue weighted by molar-refractivity contribution is 0.0697. The molecule has 0 unspecified atom stereocenters. The van der Waals surface area contributed by atoms with Crippen LogP contribution in [0.2, 0.25) is 0 Å². The van der Waals surface area contributed by atoms with Crippen molar-refractivity contribution in [3.63, 3.8) is 0 Å². The summed E-state index contributed by atoms with van der Waals surface area (Å²) >= 11 is 0. The van der Waals surface area contributed by atoms with E-state index in [1.165, 1.54) is 5.56 Å². The molecule has 132 valence electrons. The molecule has 0 saturated heterocycles. The number of anilines is 2. The molecule has 0 spiro atoms. The third-order valence-corrected chi connectivity index (χ3v) is 4.25. The zero-order chi connectivity index (χ0) is 18.7. The van der Waals surface area contributed by atoms with Crippen LogP contribution in [0.1, 0.15) is 34.1 Å². The number of aromatic carboxylic acids is 1. The van der Waals surface area contributed by atoms with Crippen LogP contribution in [-0.2, 0) is 6.42 Å². The largest absolute Gasteiger partial charge is 0.478 e. The summed E-state index contributed by atoms with van der Waals surface area (Å²) < 4.78 is 0. The average Bonchev–Trinajstić information content (AvgIpc) is 2.62. The Balaban J connectivity index is 2.03. The van der Waals surface area contributed by atoms with Crippen LogP contribution in [0.15, 0.2) is 48.5 Å². The van der Waals surface area contributed by atoms with Crippen molar-refractivity contribution in [3.05, 3.63) is 70.9 Å². The number of nitrogens with one attached hydrogen (secondary N) is 1. The average molecular weight is 347 g/mol. The van der Waals surface area contributed by atoms with E-state index in [0.29, 0.717) is 17.3 Å². The van der Waals surface area contributed by atoms with Gasteiger partial charge in [-0.05, 0) is 38.5 Å². The van der Waals surface area contributed by atoms with Crippen LogP contribution in [0.3, 0.4) is 0 Å². The molecule has 0 fully saturated rings. The highest BCUT2D eigenvalue weighted by Gasteiger charge is 2.13. The van der Waals surface area contributed by atoms with Crippen LogP contribution in [0.4, 0.5) is 11.5 Å². The Bertz CT molecular complexity index is 950. The number of rotatable bonds is 5. The summed E-state index contributed by atoms with van der Waals surface area (Å²) in [5.41, 5.74) is 4.98. The van der Waals surface area contributed by atoms with Crippen LogP contribution in [0.25, 0.3) is 11.4 Å². The Morgan fingerprint density at radius 3 is 2.46 bits per heavy atom. The summed E-state index contributed by atoms with van der Waals surface area (Å²) in [5, 5.41) is 12.4. The van der Waals surface area contributed by atoms with Crippen molar-refractivity contribution in [1.29, 1.82) is 0 Å². The Morgan fingerprint density at radius 1 is 1.08 bits per heavy atom. The number of aromatic nitrogens is 2. The number of nitrogens with zero attached hydrogens (tertiary/aromatic N) is 2. The van der Waals surface area contributed by atoms with Crippen molar-refractivity contribution in [3.8, 4) is 11.4 Å². The zero-order valence-electron chi connectivity index (χ0n) is 15.1. The lowest BCUT2D eigenvalue weighted by Crippen LogP contribution is -2.06. The van der Waals surface area contributed by atoms with Gasteiger partial charge in [0.15, 0.2) is 5.82 Å². The monoisotopic (exact) mass is 347 g/mol. The van der Waals surface area contributed by atoms with E-state index < -0.39 is 5.97 Å². The van der Waals surface area contributed by atoms with E-state index in [1.54, 1.807) is 18.2 Å². The molecule has 5 nitrogen and oxygen atoms in total. The van der Waals surface area contributed by atoms with Crippen LogP contribution in [0, 0.1) is 13.8 Å². The van der Waals surface area contributed by atoms with Gasteiger partial charge in [0.25, 0.3) is 0 Å². The molecular formula is C21H21N3O2. The van der Waals surface area contributed by atoms with Crippen LogP contribution < -0.4 is 5.32 Å². The first-order valence-corrected chi connectivity index (χ1v) is 8.53. The Labute approximate surface area is 152 Å². The van der Waals surface area contributed by atoms with Crippen molar-refractivity contribution in [1.82, 2.24) is 9.97 Å². The maximum atomic E-state index is 11.2. The molecule has 3 aromatic rings. The van der Waals surface area contributed by atoms with E-state index in [4.69, 9.17) is 4.98 Å². The first-order chi connectivity index (χ1) is 12.5. The fourth-order valence-electron chi connectivity index (χ4n) is 2.82. The predicted molar refractivity (Wildman–Crippen MR) is 103 cm³/mol. The molecule has 26 heavy (non-hydrogen) atoms. The number of carboxylic acid groups (broad SMARTS) is 1. The van der Waals surface area contributed by atoms with Gasteiger partial charge in [0.1, 0.15) is 5.82 Å². The van der Waals surface area contributed by atoms with E-state index >= 15 is 0 Å². The zero-order valence-corrected chi connectivity index (χ0v) is 15.1. The second kappa shape index (κ2) is 7.35. The van der Waals surface area contributed by atoms with E-state index in [1.807, 2.05) is 44.2 Å². The Morgan fingerprint density at radius 2 is 1.81 bits per heavy atom. The molecule has 2 aromatic carbocycles. The van der Waals surface area contributed by atoms with Crippen molar-refractivity contribution in [2.24, 2.45) is 0 Å². The molecule has 5 heteroatoms. The number of hydrogen-bond acceptors (Lipinski definition) is 4. The highest BCUT2D eigenvalue weighted by Crippen LogP contribution is 2.26. The van der Waals surface area contributed by atoms with Crippen molar-refractivity contribution in [2.75, 3.05) is 5.32 Å².